The van der Waals surface area contributed by atoms with Crippen LogP contribution in [0.25, 0.3) is 0 Å². The van der Waals surface area contributed by atoms with Gasteiger partial charge < -0.3 is 14.6 Å². The molecule has 1 amide bonds. The molecule has 134 valence electrons. The van der Waals surface area contributed by atoms with Gasteiger partial charge in [-0.05, 0) is 63.2 Å². The van der Waals surface area contributed by atoms with Gasteiger partial charge >= 0.3 is 0 Å². The summed E-state index contributed by atoms with van der Waals surface area (Å²) in [5, 5.41) is 2.89. The maximum Gasteiger partial charge on any atom is 0.286 e. The minimum atomic E-state index is -1.17. The minimum absolute atomic E-state index is 0.210. The fourth-order valence-corrected chi connectivity index (χ4v) is 4.00. The standard InChI is InChI=1S/C19H24N2O3S/c22-19(20-11-6-14-21-12-4-5-13-21)18-10-9-16(24-18)15-25(23)17-7-2-1-3-8-17/h1-3,7-10H,4-6,11-15H2,(H,20,22)/t25-/m1/s1. The summed E-state index contributed by atoms with van der Waals surface area (Å²) >= 11 is 0. The average Bonchev–Trinajstić information content (AvgIpc) is 3.31. The van der Waals surface area contributed by atoms with Crippen molar-refractivity contribution in [2.45, 2.75) is 29.9 Å². The maximum atomic E-state index is 12.3. The first kappa shape index (κ1) is 17.9. The second-order valence-corrected chi connectivity index (χ2v) is 7.68. The van der Waals surface area contributed by atoms with E-state index in [9.17, 15) is 9.00 Å². The molecule has 3 rings (SSSR count). The molecule has 1 atom stereocenters. The smallest absolute Gasteiger partial charge is 0.286 e. The first-order valence-electron chi connectivity index (χ1n) is 8.75. The van der Waals surface area contributed by atoms with E-state index in [2.05, 4.69) is 10.2 Å². The zero-order valence-electron chi connectivity index (χ0n) is 14.3. The van der Waals surface area contributed by atoms with Crippen LogP contribution in [0.2, 0.25) is 0 Å². The Morgan fingerprint density at radius 3 is 2.64 bits per heavy atom. The fraction of sp³-hybridized carbons (Fsp3) is 0.421. The van der Waals surface area contributed by atoms with E-state index in [0.717, 1.165) is 17.9 Å². The van der Waals surface area contributed by atoms with Crippen molar-refractivity contribution in [3.8, 4) is 0 Å². The molecule has 6 heteroatoms. The van der Waals surface area contributed by atoms with Crippen LogP contribution in [0.3, 0.4) is 0 Å². The number of likely N-dealkylation sites (tertiary alicyclic amines) is 1. The van der Waals surface area contributed by atoms with E-state index in [4.69, 9.17) is 4.42 Å². The minimum Gasteiger partial charge on any atom is -0.455 e. The topological polar surface area (TPSA) is 62.6 Å². The van der Waals surface area contributed by atoms with Crippen LogP contribution >= 0.6 is 0 Å². The summed E-state index contributed by atoms with van der Waals surface area (Å²) in [5.74, 6) is 0.899. The molecule has 1 aliphatic rings. The number of rotatable bonds is 8. The lowest BCUT2D eigenvalue weighted by Gasteiger charge is -2.13. The molecule has 1 fully saturated rings. The maximum absolute atomic E-state index is 12.3. The van der Waals surface area contributed by atoms with E-state index in [1.54, 1.807) is 12.1 Å². The van der Waals surface area contributed by atoms with Gasteiger partial charge in [-0.1, -0.05) is 18.2 Å². The molecule has 0 unspecified atom stereocenters. The van der Waals surface area contributed by atoms with Crippen LogP contribution in [0.1, 0.15) is 35.6 Å². The van der Waals surface area contributed by atoms with E-state index in [1.807, 2.05) is 30.3 Å². The van der Waals surface area contributed by atoms with Gasteiger partial charge in [-0.25, -0.2) is 0 Å². The van der Waals surface area contributed by atoms with E-state index in [1.165, 1.54) is 25.9 Å². The first-order chi connectivity index (χ1) is 12.2. The molecule has 1 aromatic heterocycles. The van der Waals surface area contributed by atoms with Crippen LogP contribution in [0.4, 0.5) is 0 Å². The fourth-order valence-electron chi connectivity index (χ4n) is 2.96. The SMILES string of the molecule is O=C(NCCCN1CCCC1)c1ccc(C[S@@](=O)c2ccccc2)o1. The highest BCUT2D eigenvalue weighted by atomic mass is 32.2. The summed E-state index contributed by atoms with van der Waals surface area (Å²) in [7, 11) is -1.17. The Bertz CT molecular complexity index is 708. The number of furan rings is 1. The van der Waals surface area contributed by atoms with Crippen molar-refractivity contribution in [2.75, 3.05) is 26.2 Å². The highest BCUT2D eigenvalue weighted by Gasteiger charge is 2.14. The molecule has 2 heterocycles. The Kier molecular flexibility index (Phi) is 6.42. The number of amides is 1. The van der Waals surface area contributed by atoms with Crippen LogP contribution in [0.5, 0.6) is 0 Å². The van der Waals surface area contributed by atoms with Crippen LogP contribution in [0.15, 0.2) is 51.8 Å². The van der Waals surface area contributed by atoms with Gasteiger partial charge in [0.25, 0.3) is 5.91 Å². The first-order valence-corrected chi connectivity index (χ1v) is 10.1. The molecule has 5 nitrogen and oxygen atoms in total. The summed E-state index contributed by atoms with van der Waals surface area (Å²) in [6.45, 7) is 4.02. The van der Waals surface area contributed by atoms with Gasteiger partial charge in [-0.3, -0.25) is 9.00 Å². The summed E-state index contributed by atoms with van der Waals surface area (Å²) in [6, 6.07) is 12.6. The second kappa shape index (κ2) is 8.97. The van der Waals surface area contributed by atoms with Gasteiger partial charge in [0.05, 0.1) is 16.6 Å². The van der Waals surface area contributed by atoms with Gasteiger partial charge in [0.2, 0.25) is 0 Å². The number of carbonyl (C=O) groups is 1. The Morgan fingerprint density at radius 2 is 1.88 bits per heavy atom. The van der Waals surface area contributed by atoms with Crippen LogP contribution < -0.4 is 5.32 Å². The van der Waals surface area contributed by atoms with Crippen molar-refractivity contribution in [1.29, 1.82) is 0 Å². The third-order valence-corrected chi connectivity index (χ3v) is 5.64. The van der Waals surface area contributed by atoms with E-state index < -0.39 is 10.8 Å². The van der Waals surface area contributed by atoms with Crippen molar-refractivity contribution in [3.05, 3.63) is 54.0 Å². The lowest BCUT2D eigenvalue weighted by molar-refractivity contribution is 0.0923. The second-order valence-electron chi connectivity index (χ2n) is 6.23. The molecule has 2 aromatic rings. The number of hydrogen-bond acceptors (Lipinski definition) is 4. The number of hydrogen-bond donors (Lipinski definition) is 1. The molecule has 1 saturated heterocycles. The summed E-state index contributed by atoms with van der Waals surface area (Å²) in [5.41, 5.74) is 0. The lowest BCUT2D eigenvalue weighted by atomic mass is 10.3. The number of nitrogens with zero attached hydrogens (tertiary/aromatic N) is 1. The zero-order valence-corrected chi connectivity index (χ0v) is 15.1. The highest BCUT2D eigenvalue weighted by molar-refractivity contribution is 7.84. The Hall–Kier alpha value is -1.92. The van der Waals surface area contributed by atoms with Crippen LogP contribution in [-0.4, -0.2) is 41.2 Å². The van der Waals surface area contributed by atoms with Gasteiger partial charge in [0, 0.05) is 11.4 Å². The zero-order chi connectivity index (χ0) is 17.5. The predicted octanol–water partition coefficient (Wildman–Crippen LogP) is 2.80. The summed E-state index contributed by atoms with van der Waals surface area (Å²) in [4.78, 5) is 15.3. The molecule has 0 spiro atoms. The third kappa shape index (κ3) is 5.28. The molecular formula is C19H24N2O3S. The highest BCUT2D eigenvalue weighted by Crippen LogP contribution is 2.15. The number of nitrogens with one attached hydrogen (secondary N) is 1. The van der Waals surface area contributed by atoms with E-state index >= 15 is 0 Å². The van der Waals surface area contributed by atoms with Gasteiger partial charge in [0.1, 0.15) is 5.76 Å². The predicted molar refractivity (Wildman–Crippen MR) is 97.9 cm³/mol. The summed E-state index contributed by atoms with van der Waals surface area (Å²) < 4.78 is 17.8. The largest absolute Gasteiger partial charge is 0.455 e. The quantitative estimate of drug-likeness (QED) is 0.736. The number of benzene rings is 1. The Labute approximate surface area is 150 Å². The molecule has 1 N–H and O–H groups in total. The van der Waals surface area contributed by atoms with Gasteiger partial charge in [0.15, 0.2) is 5.76 Å². The van der Waals surface area contributed by atoms with Gasteiger partial charge in [-0.15, -0.1) is 0 Å². The monoisotopic (exact) mass is 360 g/mol. The third-order valence-electron chi connectivity index (χ3n) is 4.30. The van der Waals surface area contributed by atoms with Crippen molar-refractivity contribution < 1.29 is 13.4 Å². The lowest BCUT2D eigenvalue weighted by Crippen LogP contribution is -2.28. The molecule has 25 heavy (non-hydrogen) atoms. The molecule has 1 aromatic carbocycles. The molecule has 0 aliphatic carbocycles. The van der Waals surface area contributed by atoms with Crippen LogP contribution in [0, 0.1) is 0 Å². The van der Waals surface area contributed by atoms with Crippen LogP contribution in [-0.2, 0) is 16.6 Å². The van der Waals surface area contributed by atoms with Crippen molar-refractivity contribution >= 4 is 16.7 Å². The molecule has 1 aliphatic heterocycles. The average molecular weight is 360 g/mol. The molecule has 0 saturated carbocycles. The van der Waals surface area contributed by atoms with E-state index in [0.29, 0.717) is 12.3 Å². The van der Waals surface area contributed by atoms with Crippen molar-refractivity contribution in [1.82, 2.24) is 10.2 Å². The summed E-state index contributed by atoms with van der Waals surface area (Å²) in [6.07, 6.45) is 3.51. The van der Waals surface area contributed by atoms with Gasteiger partial charge in [-0.2, -0.15) is 0 Å². The molecular weight excluding hydrogens is 336 g/mol. The molecule has 0 bridgehead atoms. The van der Waals surface area contributed by atoms with E-state index in [-0.39, 0.29) is 17.4 Å². The number of carbonyl (C=O) groups excluding carboxylic acids is 1. The Morgan fingerprint density at radius 1 is 1.12 bits per heavy atom. The Balaban J connectivity index is 1.44. The molecule has 0 radical (unpaired) electrons. The van der Waals surface area contributed by atoms with Crippen molar-refractivity contribution in [3.63, 3.8) is 0 Å². The van der Waals surface area contributed by atoms with Crippen molar-refractivity contribution in [2.24, 2.45) is 0 Å². The normalized spacial score (nSPS) is 16.0.